The predicted molar refractivity (Wildman–Crippen MR) is 131 cm³/mol. The maximum absolute atomic E-state index is 12.8. The van der Waals surface area contributed by atoms with Crippen LogP contribution in [0.15, 0.2) is 66.7 Å². The third-order valence-corrected chi connectivity index (χ3v) is 6.13. The van der Waals surface area contributed by atoms with Gasteiger partial charge in [0.2, 0.25) is 0 Å². The molecule has 0 radical (unpaired) electrons. The minimum atomic E-state index is -0.207. The summed E-state index contributed by atoms with van der Waals surface area (Å²) in [6.45, 7) is 3.62. The van der Waals surface area contributed by atoms with E-state index in [4.69, 9.17) is 27.9 Å². The van der Waals surface area contributed by atoms with E-state index in [-0.39, 0.29) is 5.91 Å². The average molecular weight is 469 g/mol. The van der Waals surface area contributed by atoms with Gasteiger partial charge in [0.05, 0.1) is 5.02 Å². The molecule has 1 aliphatic rings. The van der Waals surface area contributed by atoms with E-state index in [2.05, 4.69) is 22.3 Å². The molecule has 0 bridgehead atoms. The molecule has 0 atom stereocenters. The van der Waals surface area contributed by atoms with Crippen molar-refractivity contribution >= 4 is 34.8 Å². The van der Waals surface area contributed by atoms with Crippen LogP contribution in [-0.2, 0) is 13.2 Å². The Hall–Kier alpha value is -2.53. The normalized spacial score (nSPS) is 14.2. The number of anilines is 1. The number of nitrogens with zero attached hydrogens (tertiary/aromatic N) is 1. The van der Waals surface area contributed by atoms with Crippen LogP contribution >= 0.6 is 23.2 Å². The summed E-state index contributed by atoms with van der Waals surface area (Å²) >= 11 is 12.2. The standard InChI is InChI=1S/C26H26Cl2N2O2/c27-22-9-4-20(5-10-22)18-32-25-16-21(8-13-24(25)28)26(31)29-23-11-6-19(7-12-23)17-30-14-2-1-3-15-30/h4-13,16H,1-3,14-15,17-18H2,(H,29,31). The average Bonchev–Trinajstić information content (AvgIpc) is 2.81. The molecule has 32 heavy (non-hydrogen) atoms. The lowest BCUT2D eigenvalue weighted by atomic mass is 10.1. The number of rotatable bonds is 7. The molecular weight excluding hydrogens is 443 g/mol. The van der Waals surface area contributed by atoms with Gasteiger partial charge in [0.1, 0.15) is 12.4 Å². The fourth-order valence-electron chi connectivity index (χ4n) is 3.77. The minimum absolute atomic E-state index is 0.207. The van der Waals surface area contributed by atoms with Gasteiger partial charge in [0.15, 0.2) is 0 Å². The fourth-order valence-corrected chi connectivity index (χ4v) is 4.07. The second kappa shape index (κ2) is 10.9. The second-order valence-corrected chi connectivity index (χ2v) is 8.89. The lowest BCUT2D eigenvalue weighted by Crippen LogP contribution is -2.29. The molecule has 1 aliphatic heterocycles. The van der Waals surface area contributed by atoms with Gasteiger partial charge in [-0.2, -0.15) is 0 Å². The number of carbonyl (C=O) groups is 1. The summed E-state index contributed by atoms with van der Waals surface area (Å²) in [4.78, 5) is 15.2. The molecule has 4 rings (SSSR count). The number of halogens is 2. The molecule has 6 heteroatoms. The van der Waals surface area contributed by atoms with Gasteiger partial charge in [-0.05, 0) is 79.5 Å². The van der Waals surface area contributed by atoms with Gasteiger partial charge in [-0.25, -0.2) is 0 Å². The maximum atomic E-state index is 12.8. The third-order valence-electron chi connectivity index (χ3n) is 5.57. The van der Waals surface area contributed by atoms with Crippen LogP contribution in [0.4, 0.5) is 5.69 Å². The molecule has 1 saturated heterocycles. The highest BCUT2D eigenvalue weighted by atomic mass is 35.5. The van der Waals surface area contributed by atoms with Crippen LogP contribution in [-0.4, -0.2) is 23.9 Å². The first-order chi connectivity index (χ1) is 15.6. The monoisotopic (exact) mass is 468 g/mol. The Morgan fingerprint density at radius 2 is 1.56 bits per heavy atom. The van der Waals surface area contributed by atoms with Crippen molar-refractivity contribution in [2.75, 3.05) is 18.4 Å². The lowest BCUT2D eigenvalue weighted by Gasteiger charge is -2.26. The minimum Gasteiger partial charge on any atom is -0.487 e. The van der Waals surface area contributed by atoms with Crippen molar-refractivity contribution in [1.29, 1.82) is 0 Å². The number of carbonyl (C=O) groups excluding carboxylic acids is 1. The van der Waals surface area contributed by atoms with Crippen LogP contribution < -0.4 is 10.1 Å². The molecule has 0 unspecified atom stereocenters. The Labute approximate surface area is 199 Å². The molecule has 3 aromatic rings. The zero-order valence-corrected chi connectivity index (χ0v) is 19.3. The zero-order chi connectivity index (χ0) is 22.3. The number of benzene rings is 3. The first-order valence-electron chi connectivity index (χ1n) is 10.9. The van der Waals surface area contributed by atoms with E-state index in [9.17, 15) is 4.79 Å². The molecule has 0 saturated carbocycles. The first-order valence-corrected chi connectivity index (χ1v) is 11.6. The smallest absolute Gasteiger partial charge is 0.255 e. The third kappa shape index (κ3) is 6.26. The number of hydrogen-bond acceptors (Lipinski definition) is 3. The maximum Gasteiger partial charge on any atom is 0.255 e. The molecule has 0 aromatic heterocycles. The summed E-state index contributed by atoms with van der Waals surface area (Å²) in [6.07, 6.45) is 3.89. The Morgan fingerprint density at radius 1 is 0.875 bits per heavy atom. The van der Waals surface area contributed by atoms with E-state index in [1.54, 1.807) is 18.2 Å². The molecule has 1 N–H and O–H groups in total. The molecule has 0 spiro atoms. The van der Waals surface area contributed by atoms with Crippen LogP contribution in [0, 0.1) is 0 Å². The fraction of sp³-hybridized carbons (Fsp3) is 0.269. The lowest BCUT2D eigenvalue weighted by molar-refractivity contribution is 0.102. The van der Waals surface area contributed by atoms with Crippen molar-refractivity contribution in [3.63, 3.8) is 0 Å². The zero-order valence-electron chi connectivity index (χ0n) is 17.8. The van der Waals surface area contributed by atoms with Crippen LogP contribution in [0.2, 0.25) is 10.0 Å². The van der Waals surface area contributed by atoms with Crippen molar-refractivity contribution in [1.82, 2.24) is 4.90 Å². The number of likely N-dealkylation sites (tertiary alicyclic amines) is 1. The molecule has 166 valence electrons. The first kappa shape index (κ1) is 22.7. The highest BCUT2D eigenvalue weighted by Gasteiger charge is 2.12. The van der Waals surface area contributed by atoms with Gasteiger partial charge < -0.3 is 10.1 Å². The second-order valence-electron chi connectivity index (χ2n) is 8.05. The molecular formula is C26H26Cl2N2O2. The van der Waals surface area contributed by atoms with Gasteiger partial charge in [-0.1, -0.05) is 53.9 Å². The van der Waals surface area contributed by atoms with Crippen LogP contribution in [0.25, 0.3) is 0 Å². The molecule has 1 amide bonds. The molecule has 4 nitrogen and oxygen atoms in total. The largest absolute Gasteiger partial charge is 0.487 e. The number of hydrogen-bond donors (Lipinski definition) is 1. The summed E-state index contributed by atoms with van der Waals surface area (Å²) in [5, 5.41) is 4.08. The van der Waals surface area contributed by atoms with Crippen molar-refractivity contribution in [2.45, 2.75) is 32.4 Å². The van der Waals surface area contributed by atoms with Crippen LogP contribution in [0.1, 0.15) is 40.7 Å². The summed E-state index contributed by atoms with van der Waals surface area (Å²) < 4.78 is 5.83. The molecule has 3 aromatic carbocycles. The molecule has 0 aliphatic carbocycles. The van der Waals surface area contributed by atoms with Gasteiger partial charge >= 0.3 is 0 Å². The number of amides is 1. The Kier molecular flexibility index (Phi) is 7.69. The number of nitrogens with one attached hydrogen (secondary N) is 1. The summed E-state index contributed by atoms with van der Waals surface area (Å²) in [7, 11) is 0. The Morgan fingerprint density at radius 3 is 2.28 bits per heavy atom. The highest BCUT2D eigenvalue weighted by Crippen LogP contribution is 2.27. The topological polar surface area (TPSA) is 41.6 Å². The van der Waals surface area contributed by atoms with E-state index >= 15 is 0 Å². The van der Waals surface area contributed by atoms with Crippen LogP contribution in [0.5, 0.6) is 5.75 Å². The number of piperidine rings is 1. The van der Waals surface area contributed by atoms with E-state index < -0.39 is 0 Å². The van der Waals surface area contributed by atoms with E-state index in [0.29, 0.717) is 28.0 Å². The van der Waals surface area contributed by atoms with Crippen LogP contribution in [0.3, 0.4) is 0 Å². The van der Waals surface area contributed by atoms with E-state index in [1.807, 2.05) is 36.4 Å². The van der Waals surface area contributed by atoms with Crippen molar-refractivity contribution < 1.29 is 9.53 Å². The summed E-state index contributed by atoms with van der Waals surface area (Å²) in [5.74, 6) is 0.257. The number of ether oxygens (including phenoxy) is 1. The van der Waals surface area contributed by atoms with Crippen molar-refractivity contribution in [3.05, 3.63) is 93.5 Å². The molecule has 1 fully saturated rings. The van der Waals surface area contributed by atoms with Gasteiger partial charge in [-0.3, -0.25) is 9.69 Å². The van der Waals surface area contributed by atoms with Gasteiger partial charge in [-0.15, -0.1) is 0 Å². The Bertz CT molecular complexity index is 1050. The van der Waals surface area contributed by atoms with Crippen molar-refractivity contribution in [3.8, 4) is 5.75 Å². The Balaban J connectivity index is 1.36. The summed E-state index contributed by atoms with van der Waals surface area (Å²) in [6, 6.07) is 20.5. The predicted octanol–water partition coefficient (Wildman–Crippen LogP) is 6.81. The van der Waals surface area contributed by atoms with Gasteiger partial charge in [0.25, 0.3) is 5.91 Å². The summed E-state index contributed by atoms with van der Waals surface area (Å²) in [5.41, 5.74) is 3.47. The SMILES string of the molecule is O=C(Nc1ccc(CN2CCCCC2)cc1)c1ccc(Cl)c(OCc2ccc(Cl)cc2)c1. The van der Waals surface area contributed by atoms with E-state index in [1.165, 1.54) is 24.8 Å². The van der Waals surface area contributed by atoms with Gasteiger partial charge in [0, 0.05) is 22.8 Å². The molecule has 1 heterocycles. The van der Waals surface area contributed by atoms with E-state index in [0.717, 1.165) is 30.9 Å². The van der Waals surface area contributed by atoms with Crippen molar-refractivity contribution in [2.24, 2.45) is 0 Å². The quantitative estimate of drug-likeness (QED) is 0.413. The highest BCUT2D eigenvalue weighted by molar-refractivity contribution is 6.32.